The van der Waals surface area contributed by atoms with Crippen molar-refractivity contribution in [3.63, 3.8) is 0 Å². The van der Waals surface area contributed by atoms with E-state index in [0.717, 1.165) is 19.3 Å². The van der Waals surface area contributed by atoms with Crippen LogP contribution in [0.15, 0.2) is 24.5 Å². The van der Waals surface area contributed by atoms with Gasteiger partial charge in [0.15, 0.2) is 0 Å². The van der Waals surface area contributed by atoms with Crippen molar-refractivity contribution in [2.75, 3.05) is 6.54 Å². The molecule has 0 aliphatic rings. The molecular formula is C10H13N2O. The van der Waals surface area contributed by atoms with Gasteiger partial charge in [-0.25, -0.2) is 0 Å². The molecule has 69 valence electrons. The summed E-state index contributed by atoms with van der Waals surface area (Å²) in [6.07, 6.45) is 8.38. The second-order valence-electron chi connectivity index (χ2n) is 2.84. The topological polar surface area (TPSA) is 42.0 Å². The molecule has 0 aliphatic heterocycles. The van der Waals surface area contributed by atoms with Crippen molar-refractivity contribution in [3.05, 3.63) is 30.1 Å². The predicted octanol–water partition coefficient (Wildman–Crippen LogP) is 1.06. The van der Waals surface area contributed by atoms with E-state index in [1.165, 1.54) is 5.56 Å². The summed E-state index contributed by atoms with van der Waals surface area (Å²) < 4.78 is 0. The summed E-state index contributed by atoms with van der Waals surface area (Å²) >= 11 is 0. The molecule has 1 radical (unpaired) electrons. The van der Waals surface area contributed by atoms with Crippen molar-refractivity contribution >= 4 is 6.41 Å². The second kappa shape index (κ2) is 6.17. The lowest BCUT2D eigenvalue weighted by Crippen LogP contribution is -2.11. The monoisotopic (exact) mass is 177 g/mol. The summed E-state index contributed by atoms with van der Waals surface area (Å²) in [5, 5.41) is 2.52. The number of carbonyl (C=O) groups excluding carboxylic acids is 1. The number of amides is 1. The Bertz CT molecular complexity index is 236. The average molecular weight is 177 g/mol. The highest BCUT2D eigenvalue weighted by Gasteiger charge is 1.91. The van der Waals surface area contributed by atoms with Gasteiger partial charge in [-0.2, -0.15) is 0 Å². The fraction of sp³-hybridized carbons (Fsp3) is 0.400. The zero-order valence-electron chi connectivity index (χ0n) is 7.49. The maximum absolute atomic E-state index is 9.79. The minimum absolute atomic E-state index is 0.717. The number of pyridine rings is 1. The number of hydrogen-bond donors (Lipinski definition) is 1. The van der Waals surface area contributed by atoms with E-state index in [2.05, 4.69) is 10.3 Å². The standard InChI is InChI=1S/C10H13N2O/c13-9-12-6-2-1-3-10-4-7-11-8-5-10/h4-5,7-8H,1-3,6H2,(H,12,13). The van der Waals surface area contributed by atoms with Gasteiger partial charge in [-0.1, -0.05) is 0 Å². The number of unbranched alkanes of at least 4 members (excludes halogenated alkanes) is 1. The Kier molecular flexibility index (Phi) is 4.61. The summed E-state index contributed by atoms with van der Waals surface area (Å²) in [4.78, 5) is 13.7. The van der Waals surface area contributed by atoms with Crippen LogP contribution in [0.2, 0.25) is 0 Å². The molecule has 0 saturated carbocycles. The molecule has 3 heteroatoms. The van der Waals surface area contributed by atoms with Gasteiger partial charge < -0.3 is 5.32 Å². The lowest BCUT2D eigenvalue weighted by Gasteiger charge is -1.99. The molecule has 1 amide bonds. The van der Waals surface area contributed by atoms with E-state index in [0.29, 0.717) is 6.54 Å². The molecule has 13 heavy (non-hydrogen) atoms. The third kappa shape index (κ3) is 4.25. The molecule has 0 spiro atoms. The lowest BCUT2D eigenvalue weighted by atomic mass is 10.1. The maximum atomic E-state index is 9.79. The number of hydrogen-bond acceptors (Lipinski definition) is 2. The van der Waals surface area contributed by atoms with E-state index >= 15 is 0 Å². The van der Waals surface area contributed by atoms with Crippen LogP contribution in [0.1, 0.15) is 18.4 Å². The van der Waals surface area contributed by atoms with E-state index in [9.17, 15) is 4.79 Å². The van der Waals surface area contributed by atoms with Gasteiger partial charge in [-0.3, -0.25) is 9.78 Å². The molecule has 0 atom stereocenters. The fourth-order valence-corrected chi connectivity index (χ4v) is 1.14. The van der Waals surface area contributed by atoms with E-state index < -0.39 is 0 Å². The van der Waals surface area contributed by atoms with Gasteiger partial charge in [-0.15, -0.1) is 0 Å². The van der Waals surface area contributed by atoms with Crippen LogP contribution >= 0.6 is 0 Å². The quantitative estimate of drug-likeness (QED) is 0.521. The minimum atomic E-state index is 0.717. The van der Waals surface area contributed by atoms with Crippen LogP contribution in [0.4, 0.5) is 0 Å². The van der Waals surface area contributed by atoms with Crippen molar-refractivity contribution in [1.82, 2.24) is 10.3 Å². The molecule has 0 aromatic carbocycles. The molecule has 1 rings (SSSR count). The lowest BCUT2D eigenvalue weighted by molar-refractivity contribution is 0.539. The van der Waals surface area contributed by atoms with Gasteiger partial charge >= 0.3 is 6.41 Å². The molecule has 1 aromatic heterocycles. The number of rotatable bonds is 6. The highest BCUT2D eigenvalue weighted by molar-refractivity contribution is 5.46. The zero-order valence-corrected chi connectivity index (χ0v) is 7.49. The van der Waals surface area contributed by atoms with Gasteiger partial charge in [0.25, 0.3) is 0 Å². The smallest absolute Gasteiger partial charge is 0.309 e. The molecule has 0 unspecified atom stereocenters. The number of nitrogens with one attached hydrogen (secondary N) is 1. The Morgan fingerprint density at radius 3 is 2.77 bits per heavy atom. The molecule has 1 N–H and O–H groups in total. The van der Waals surface area contributed by atoms with Crippen molar-refractivity contribution in [1.29, 1.82) is 0 Å². The van der Waals surface area contributed by atoms with Crippen LogP contribution < -0.4 is 5.32 Å². The third-order valence-corrected chi connectivity index (χ3v) is 1.84. The van der Waals surface area contributed by atoms with Crippen LogP contribution in [0.5, 0.6) is 0 Å². The van der Waals surface area contributed by atoms with Crippen molar-refractivity contribution in [2.45, 2.75) is 19.3 Å². The molecule has 0 fully saturated rings. The van der Waals surface area contributed by atoms with Gasteiger partial charge in [0.05, 0.1) is 0 Å². The highest BCUT2D eigenvalue weighted by atomic mass is 16.1. The summed E-state index contributed by atoms with van der Waals surface area (Å²) in [6, 6.07) is 4.03. The van der Waals surface area contributed by atoms with Crippen molar-refractivity contribution in [3.8, 4) is 0 Å². The Morgan fingerprint density at radius 2 is 2.08 bits per heavy atom. The first kappa shape index (κ1) is 9.71. The molecule has 0 bridgehead atoms. The number of aromatic nitrogens is 1. The van der Waals surface area contributed by atoms with Crippen LogP contribution in [0.3, 0.4) is 0 Å². The summed E-state index contributed by atoms with van der Waals surface area (Å²) in [5.41, 5.74) is 1.30. The Morgan fingerprint density at radius 1 is 1.31 bits per heavy atom. The first-order valence-corrected chi connectivity index (χ1v) is 4.42. The fourth-order valence-electron chi connectivity index (χ4n) is 1.14. The SMILES string of the molecule is O=[C]NCCCCc1ccncc1. The highest BCUT2D eigenvalue weighted by Crippen LogP contribution is 2.02. The molecular weight excluding hydrogens is 164 g/mol. The molecule has 1 aromatic rings. The van der Waals surface area contributed by atoms with E-state index in [1.807, 2.05) is 12.1 Å². The Labute approximate surface area is 78.2 Å². The molecule has 3 nitrogen and oxygen atoms in total. The van der Waals surface area contributed by atoms with Crippen LogP contribution in [0.25, 0.3) is 0 Å². The van der Waals surface area contributed by atoms with E-state index in [4.69, 9.17) is 0 Å². The Balaban J connectivity index is 2.10. The first-order valence-electron chi connectivity index (χ1n) is 4.42. The van der Waals surface area contributed by atoms with Crippen LogP contribution in [-0.4, -0.2) is 17.9 Å². The molecule has 1 heterocycles. The van der Waals surface area contributed by atoms with E-state index in [-0.39, 0.29) is 0 Å². The zero-order chi connectivity index (χ0) is 9.36. The van der Waals surface area contributed by atoms with Gasteiger partial charge in [0, 0.05) is 18.9 Å². The van der Waals surface area contributed by atoms with Crippen LogP contribution in [-0.2, 0) is 11.2 Å². The van der Waals surface area contributed by atoms with Gasteiger partial charge in [-0.05, 0) is 37.0 Å². The first-order chi connectivity index (χ1) is 6.43. The van der Waals surface area contributed by atoms with Gasteiger partial charge in [0.2, 0.25) is 0 Å². The Hall–Kier alpha value is -1.38. The summed E-state index contributed by atoms with van der Waals surface area (Å²) in [5.74, 6) is 0. The largest absolute Gasteiger partial charge is 0.348 e. The summed E-state index contributed by atoms with van der Waals surface area (Å²) in [6.45, 7) is 0.717. The third-order valence-electron chi connectivity index (χ3n) is 1.84. The number of aryl methyl sites for hydroxylation is 1. The van der Waals surface area contributed by atoms with Gasteiger partial charge in [0.1, 0.15) is 0 Å². The number of nitrogens with zero attached hydrogens (tertiary/aromatic N) is 1. The maximum Gasteiger partial charge on any atom is 0.309 e. The molecule has 0 saturated heterocycles. The summed E-state index contributed by atoms with van der Waals surface area (Å²) in [7, 11) is 0. The van der Waals surface area contributed by atoms with E-state index in [1.54, 1.807) is 18.8 Å². The van der Waals surface area contributed by atoms with Crippen molar-refractivity contribution in [2.24, 2.45) is 0 Å². The van der Waals surface area contributed by atoms with Crippen molar-refractivity contribution < 1.29 is 4.79 Å². The normalized spacial score (nSPS) is 9.54. The molecule has 0 aliphatic carbocycles. The second-order valence-corrected chi connectivity index (χ2v) is 2.84. The predicted molar refractivity (Wildman–Crippen MR) is 50.9 cm³/mol. The minimum Gasteiger partial charge on any atom is -0.348 e. The van der Waals surface area contributed by atoms with Crippen LogP contribution in [0, 0.1) is 0 Å². The average Bonchev–Trinajstić information content (AvgIpc) is 2.19.